The van der Waals surface area contributed by atoms with Gasteiger partial charge < -0.3 is 11.1 Å². The summed E-state index contributed by atoms with van der Waals surface area (Å²) in [4.78, 5) is 22.9. The molecule has 0 atom stereocenters. The second kappa shape index (κ2) is 6.51. The molecule has 0 bridgehead atoms. The van der Waals surface area contributed by atoms with E-state index in [1.807, 2.05) is 12.1 Å². The van der Waals surface area contributed by atoms with E-state index < -0.39 is 5.91 Å². The monoisotopic (exact) mass is 380 g/mol. The molecule has 0 aliphatic rings. The number of nitrogens with two attached hydrogens (primary N) is 1. The number of carbonyl (C=O) groups is 2. The van der Waals surface area contributed by atoms with E-state index in [0.29, 0.717) is 17.7 Å². The summed E-state index contributed by atoms with van der Waals surface area (Å²) in [7, 11) is 0. The van der Waals surface area contributed by atoms with Crippen LogP contribution in [0.2, 0.25) is 0 Å². The zero-order valence-corrected chi connectivity index (χ0v) is 12.8. The third-order valence-electron chi connectivity index (χ3n) is 2.80. The molecule has 0 unspecified atom stereocenters. The average Bonchev–Trinajstić information content (AvgIpc) is 2.46. The summed E-state index contributed by atoms with van der Waals surface area (Å²) in [5.74, 6) is -0.583. The molecule has 0 spiro atoms. The maximum Gasteiger partial charge on any atom is 0.251 e. The van der Waals surface area contributed by atoms with Gasteiger partial charge in [-0.3, -0.25) is 9.59 Å². The van der Waals surface area contributed by atoms with Crippen LogP contribution in [-0.2, 0) is 6.54 Å². The molecule has 2 amide bonds. The van der Waals surface area contributed by atoms with Gasteiger partial charge in [-0.2, -0.15) is 0 Å². The van der Waals surface area contributed by atoms with E-state index in [0.717, 1.165) is 9.13 Å². The number of rotatable bonds is 4. The summed E-state index contributed by atoms with van der Waals surface area (Å²) >= 11 is 2.19. The number of benzene rings is 2. The van der Waals surface area contributed by atoms with Crippen LogP contribution in [0.25, 0.3) is 0 Å². The molecule has 0 radical (unpaired) electrons. The Morgan fingerprint density at radius 1 is 0.950 bits per heavy atom. The Morgan fingerprint density at radius 3 is 2.05 bits per heavy atom. The van der Waals surface area contributed by atoms with E-state index in [-0.39, 0.29) is 5.91 Å². The van der Waals surface area contributed by atoms with Crippen molar-refractivity contribution in [2.24, 2.45) is 5.73 Å². The van der Waals surface area contributed by atoms with Crippen LogP contribution in [0.15, 0.2) is 48.5 Å². The van der Waals surface area contributed by atoms with E-state index in [2.05, 4.69) is 27.9 Å². The standard InChI is InChI=1S/C15H13IN2O2/c16-13-7-5-12(6-8-13)15(20)18-9-10-1-3-11(4-2-10)14(17)19/h1-8H,9H2,(H2,17,19)(H,18,20). The first-order chi connectivity index (χ1) is 9.56. The lowest BCUT2D eigenvalue weighted by Crippen LogP contribution is -2.22. The molecule has 3 N–H and O–H groups in total. The van der Waals surface area contributed by atoms with Crippen molar-refractivity contribution < 1.29 is 9.59 Å². The highest BCUT2D eigenvalue weighted by atomic mass is 127. The number of nitrogens with one attached hydrogen (secondary N) is 1. The van der Waals surface area contributed by atoms with Crippen LogP contribution in [0.5, 0.6) is 0 Å². The summed E-state index contributed by atoms with van der Waals surface area (Å²) < 4.78 is 1.08. The summed E-state index contributed by atoms with van der Waals surface area (Å²) in [5.41, 5.74) is 7.16. The quantitative estimate of drug-likeness (QED) is 0.800. The second-order valence-electron chi connectivity index (χ2n) is 4.25. The van der Waals surface area contributed by atoms with E-state index in [9.17, 15) is 9.59 Å². The van der Waals surface area contributed by atoms with Crippen molar-refractivity contribution in [3.63, 3.8) is 0 Å². The second-order valence-corrected chi connectivity index (χ2v) is 5.50. The molecule has 0 aliphatic carbocycles. The number of primary amides is 1. The molecule has 2 rings (SSSR count). The molecule has 0 saturated carbocycles. The summed E-state index contributed by atoms with van der Waals surface area (Å²) in [6, 6.07) is 14.2. The summed E-state index contributed by atoms with van der Waals surface area (Å²) in [6.45, 7) is 0.407. The number of hydrogen-bond acceptors (Lipinski definition) is 2. The normalized spacial score (nSPS) is 10.1. The Balaban J connectivity index is 1.96. The number of hydrogen-bond donors (Lipinski definition) is 2. The topological polar surface area (TPSA) is 72.2 Å². The van der Waals surface area contributed by atoms with Crippen LogP contribution in [0.1, 0.15) is 26.3 Å². The zero-order chi connectivity index (χ0) is 14.5. The predicted octanol–water partition coefficient (Wildman–Crippen LogP) is 2.32. The number of carbonyl (C=O) groups excluding carboxylic acids is 2. The van der Waals surface area contributed by atoms with Crippen molar-refractivity contribution in [2.45, 2.75) is 6.54 Å². The highest BCUT2D eigenvalue weighted by Gasteiger charge is 2.05. The van der Waals surface area contributed by atoms with Crippen LogP contribution in [0.3, 0.4) is 0 Å². The Hall–Kier alpha value is -1.89. The maximum absolute atomic E-state index is 11.9. The van der Waals surface area contributed by atoms with Gasteiger partial charge >= 0.3 is 0 Å². The third-order valence-corrected chi connectivity index (χ3v) is 3.52. The van der Waals surface area contributed by atoms with E-state index in [1.54, 1.807) is 36.4 Å². The fourth-order valence-corrected chi connectivity index (χ4v) is 2.03. The van der Waals surface area contributed by atoms with E-state index in [4.69, 9.17) is 5.73 Å². The number of amides is 2. The molecule has 2 aromatic rings. The molecule has 5 heteroatoms. The lowest BCUT2D eigenvalue weighted by Gasteiger charge is -2.06. The smallest absolute Gasteiger partial charge is 0.251 e. The molecule has 4 nitrogen and oxygen atoms in total. The lowest BCUT2D eigenvalue weighted by atomic mass is 10.1. The predicted molar refractivity (Wildman–Crippen MR) is 85.3 cm³/mol. The van der Waals surface area contributed by atoms with Crippen molar-refractivity contribution in [1.29, 1.82) is 0 Å². The van der Waals surface area contributed by atoms with Gasteiger partial charge in [0.25, 0.3) is 5.91 Å². The fraction of sp³-hybridized carbons (Fsp3) is 0.0667. The van der Waals surface area contributed by atoms with Crippen LogP contribution in [0.4, 0.5) is 0 Å². The fourth-order valence-electron chi connectivity index (χ4n) is 1.67. The minimum Gasteiger partial charge on any atom is -0.366 e. The van der Waals surface area contributed by atoms with E-state index in [1.165, 1.54) is 0 Å². The Labute approximate surface area is 130 Å². The van der Waals surface area contributed by atoms with Crippen LogP contribution < -0.4 is 11.1 Å². The third kappa shape index (κ3) is 3.80. The van der Waals surface area contributed by atoms with Crippen LogP contribution in [-0.4, -0.2) is 11.8 Å². The van der Waals surface area contributed by atoms with Gasteiger partial charge in [-0.15, -0.1) is 0 Å². The van der Waals surface area contributed by atoms with Gasteiger partial charge in [0.1, 0.15) is 0 Å². The SMILES string of the molecule is NC(=O)c1ccc(CNC(=O)c2ccc(I)cc2)cc1. The zero-order valence-electron chi connectivity index (χ0n) is 10.6. The van der Waals surface area contributed by atoms with E-state index >= 15 is 0 Å². The summed E-state index contributed by atoms with van der Waals surface area (Å²) in [5, 5.41) is 2.83. The van der Waals surface area contributed by atoms with Gasteiger partial charge in [0.2, 0.25) is 5.91 Å². The molecule has 0 fully saturated rings. The van der Waals surface area contributed by atoms with Gasteiger partial charge in [-0.1, -0.05) is 12.1 Å². The lowest BCUT2D eigenvalue weighted by molar-refractivity contribution is 0.0949. The first kappa shape index (κ1) is 14.5. The van der Waals surface area contributed by atoms with Gasteiger partial charge in [0.05, 0.1) is 0 Å². The maximum atomic E-state index is 11.9. The van der Waals surface area contributed by atoms with Gasteiger partial charge in [-0.05, 0) is 64.6 Å². The molecule has 20 heavy (non-hydrogen) atoms. The number of halogens is 1. The van der Waals surface area contributed by atoms with Gasteiger partial charge in [0.15, 0.2) is 0 Å². The Morgan fingerprint density at radius 2 is 1.50 bits per heavy atom. The van der Waals surface area contributed by atoms with Crippen molar-refractivity contribution in [2.75, 3.05) is 0 Å². The largest absolute Gasteiger partial charge is 0.366 e. The molecule has 102 valence electrons. The highest BCUT2D eigenvalue weighted by molar-refractivity contribution is 14.1. The van der Waals surface area contributed by atoms with Gasteiger partial charge in [0, 0.05) is 21.2 Å². The van der Waals surface area contributed by atoms with Crippen LogP contribution >= 0.6 is 22.6 Å². The first-order valence-electron chi connectivity index (χ1n) is 5.99. The molecule has 0 aliphatic heterocycles. The van der Waals surface area contributed by atoms with Crippen molar-refractivity contribution >= 4 is 34.4 Å². The average molecular weight is 380 g/mol. The molecular weight excluding hydrogens is 367 g/mol. The minimum atomic E-state index is -0.459. The molecule has 0 heterocycles. The minimum absolute atomic E-state index is 0.125. The Bertz CT molecular complexity index is 621. The van der Waals surface area contributed by atoms with Crippen molar-refractivity contribution in [1.82, 2.24) is 5.32 Å². The molecular formula is C15H13IN2O2. The first-order valence-corrected chi connectivity index (χ1v) is 7.06. The van der Waals surface area contributed by atoms with Crippen molar-refractivity contribution in [3.05, 3.63) is 68.8 Å². The molecule has 0 saturated heterocycles. The summed E-state index contributed by atoms with van der Waals surface area (Å²) in [6.07, 6.45) is 0. The van der Waals surface area contributed by atoms with Crippen molar-refractivity contribution in [3.8, 4) is 0 Å². The highest BCUT2D eigenvalue weighted by Crippen LogP contribution is 2.08. The Kier molecular flexibility index (Phi) is 4.73. The molecule has 0 aromatic heterocycles. The molecule has 2 aromatic carbocycles. The van der Waals surface area contributed by atoms with Crippen LogP contribution in [0, 0.1) is 3.57 Å². The van der Waals surface area contributed by atoms with Gasteiger partial charge in [-0.25, -0.2) is 0 Å².